The monoisotopic (exact) mass is 618 g/mol. The predicted molar refractivity (Wildman–Crippen MR) is 170 cm³/mol. The number of pyridine rings is 1. The van der Waals surface area contributed by atoms with Crippen molar-refractivity contribution in [2.24, 2.45) is 5.92 Å². The molecule has 1 aromatic carbocycles. The number of likely N-dealkylation sites (tertiary alicyclic amines) is 1. The van der Waals surface area contributed by atoms with Gasteiger partial charge in [-0.25, -0.2) is 9.97 Å². The number of nitrogens with one attached hydrogen (secondary N) is 1. The third-order valence-electron chi connectivity index (χ3n) is 8.01. The van der Waals surface area contributed by atoms with Gasteiger partial charge in [0.15, 0.2) is 0 Å². The van der Waals surface area contributed by atoms with E-state index in [1.54, 1.807) is 29.9 Å². The van der Waals surface area contributed by atoms with E-state index in [-0.39, 0.29) is 12.5 Å². The fourth-order valence-corrected chi connectivity index (χ4v) is 7.26. The van der Waals surface area contributed by atoms with E-state index >= 15 is 0 Å². The summed E-state index contributed by atoms with van der Waals surface area (Å²) in [5.41, 5.74) is 2.82. The highest BCUT2D eigenvalue weighted by Crippen LogP contribution is 2.39. The molecular weight excluding hydrogens is 584 g/mol. The Bertz CT molecular complexity index is 1600. The van der Waals surface area contributed by atoms with Crippen molar-refractivity contribution >= 4 is 50.6 Å². The van der Waals surface area contributed by atoms with Crippen LogP contribution in [0.2, 0.25) is 5.02 Å². The maximum atomic E-state index is 13.1. The van der Waals surface area contributed by atoms with Gasteiger partial charge in [-0.15, -0.1) is 11.3 Å². The molecule has 1 atom stereocenters. The van der Waals surface area contributed by atoms with Gasteiger partial charge in [-0.05, 0) is 74.0 Å². The van der Waals surface area contributed by atoms with Gasteiger partial charge in [-0.1, -0.05) is 23.7 Å². The standard InChI is InChI=1S/C32H35ClN6O3S/c33-26-17-23(8-9-27(26)42-20-24-6-1-2-12-34-24)37-31-30-25-10-15-39(19-28(25)43-32(30)36-21-35-31)29(41)7-4-14-38-13-3-5-22(18-38)11-16-40/h1-2,4,6-9,12,17,21-22,40H,3,5,10-11,13-16,18-20H2,(H,35,36,37)/b7-4+. The summed E-state index contributed by atoms with van der Waals surface area (Å²) in [4.78, 5) is 32.8. The van der Waals surface area contributed by atoms with Crippen LogP contribution in [0.15, 0.2) is 61.1 Å². The van der Waals surface area contributed by atoms with Crippen molar-refractivity contribution in [3.05, 3.63) is 82.2 Å². The van der Waals surface area contributed by atoms with Gasteiger partial charge >= 0.3 is 0 Å². The van der Waals surface area contributed by atoms with E-state index in [0.29, 0.717) is 36.4 Å². The highest BCUT2D eigenvalue weighted by Gasteiger charge is 2.26. The second-order valence-electron chi connectivity index (χ2n) is 11.0. The fourth-order valence-electron chi connectivity index (χ4n) is 5.82. The number of fused-ring (bicyclic) bond motifs is 3. The number of anilines is 2. The maximum absolute atomic E-state index is 13.1. The fraction of sp³-hybridized carbons (Fsp3) is 0.375. The average Bonchev–Trinajstić information content (AvgIpc) is 3.40. The molecule has 1 unspecified atom stereocenters. The van der Waals surface area contributed by atoms with E-state index in [0.717, 1.165) is 71.2 Å². The number of amides is 1. The zero-order valence-electron chi connectivity index (χ0n) is 23.9. The Labute approximate surface area is 260 Å². The molecular formula is C32H35ClN6O3S. The van der Waals surface area contributed by atoms with Crippen LogP contribution in [-0.2, 0) is 24.4 Å². The quantitative estimate of drug-likeness (QED) is 0.222. The zero-order valence-corrected chi connectivity index (χ0v) is 25.5. The molecule has 9 nitrogen and oxygen atoms in total. The highest BCUT2D eigenvalue weighted by molar-refractivity contribution is 7.19. The molecule has 2 N–H and O–H groups in total. The molecule has 6 rings (SSSR count). The lowest BCUT2D eigenvalue weighted by Crippen LogP contribution is -2.36. The Balaban J connectivity index is 1.10. The normalized spacial score (nSPS) is 17.3. The van der Waals surface area contributed by atoms with Crippen molar-refractivity contribution in [2.45, 2.75) is 38.8 Å². The van der Waals surface area contributed by atoms with Crippen LogP contribution in [0.5, 0.6) is 5.75 Å². The zero-order chi connectivity index (χ0) is 29.6. The molecule has 0 spiro atoms. The van der Waals surface area contributed by atoms with Gasteiger partial charge in [-0.3, -0.25) is 14.7 Å². The van der Waals surface area contributed by atoms with Crippen LogP contribution in [0.1, 0.15) is 35.4 Å². The van der Waals surface area contributed by atoms with Crippen molar-refractivity contribution in [2.75, 3.05) is 38.1 Å². The van der Waals surface area contributed by atoms with Gasteiger partial charge in [-0.2, -0.15) is 0 Å². The van der Waals surface area contributed by atoms with Crippen molar-refractivity contribution in [1.29, 1.82) is 0 Å². The second-order valence-corrected chi connectivity index (χ2v) is 12.5. The Kier molecular flexibility index (Phi) is 9.48. The molecule has 2 aliphatic heterocycles. The number of ether oxygens (including phenoxy) is 1. The minimum atomic E-state index is 0.0384. The molecule has 0 bridgehead atoms. The first-order valence-electron chi connectivity index (χ1n) is 14.7. The van der Waals surface area contributed by atoms with Gasteiger partial charge < -0.3 is 20.1 Å². The Morgan fingerprint density at radius 1 is 1.21 bits per heavy atom. The van der Waals surface area contributed by atoms with Crippen LogP contribution in [-0.4, -0.2) is 68.6 Å². The number of benzene rings is 1. The van der Waals surface area contributed by atoms with Crippen LogP contribution in [0.25, 0.3) is 10.2 Å². The van der Waals surface area contributed by atoms with E-state index in [1.165, 1.54) is 12.0 Å². The molecule has 0 radical (unpaired) electrons. The summed E-state index contributed by atoms with van der Waals surface area (Å²) in [5, 5.41) is 14.2. The molecule has 0 aliphatic carbocycles. The molecule has 43 heavy (non-hydrogen) atoms. The third-order valence-corrected chi connectivity index (χ3v) is 9.43. The summed E-state index contributed by atoms with van der Waals surface area (Å²) >= 11 is 8.17. The summed E-state index contributed by atoms with van der Waals surface area (Å²) in [6, 6.07) is 11.3. The molecule has 3 aromatic heterocycles. The van der Waals surface area contributed by atoms with Gasteiger partial charge in [0, 0.05) is 49.1 Å². The number of halogens is 1. The minimum absolute atomic E-state index is 0.0384. The summed E-state index contributed by atoms with van der Waals surface area (Å²) in [6.45, 7) is 4.59. The van der Waals surface area contributed by atoms with Gasteiger partial charge in [0.05, 0.1) is 22.6 Å². The number of carbonyl (C=O) groups excluding carboxylic acids is 1. The van der Waals surface area contributed by atoms with E-state index in [1.807, 2.05) is 47.4 Å². The molecule has 1 amide bonds. The molecule has 5 heterocycles. The molecule has 4 aromatic rings. The first kappa shape index (κ1) is 29.5. The predicted octanol–water partition coefficient (Wildman–Crippen LogP) is 5.60. The first-order chi connectivity index (χ1) is 21.1. The van der Waals surface area contributed by atoms with Crippen LogP contribution in [0, 0.1) is 5.92 Å². The molecule has 1 saturated heterocycles. The van der Waals surface area contributed by atoms with Crippen LogP contribution in [0.4, 0.5) is 11.5 Å². The van der Waals surface area contributed by atoms with Crippen molar-refractivity contribution < 1.29 is 14.6 Å². The van der Waals surface area contributed by atoms with Crippen molar-refractivity contribution in [3.63, 3.8) is 0 Å². The van der Waals surface area contributed by atoms with E-state index in [4.69, 9.17) is 16.3 Å². The summed E-state index contributed by atoms with van der Waals surface area (Å²) in [6.07, 6.45) is 10.9. The number of aromatic nitrogens is 3. The molecule has 11 heteroatoms. The lowest BCUT2D eigenvalue weighted by Gasteiger charge is -2.31. The van der Waals surface area contributed by atoms with Gasteiger partial charge in [0.2, 0.25) is 5.91 Å². The Hall–Kier alpha value is -3.57. The molecule has 0 saturated carbocycles. The van der Waals surface area contributed by atoms with Crippen LogP contribution < -0.4 is 10.1 Å². The SMILES string of the molecule is O=C(/C=C/CN1CCCC(CCO)C1)N1CCc2c(sc3ncnc(Nc4ccc(OCc5ccccn5)c(Cl)c4)c23)C1. The van der Waals surface area contributed by atoms with E-state index in [9.17, 15) is 9.90 Å². The summed E-state index contributed by atoms with van der Waals surface area (Å²) < 4.78 is 5.86. The number of piperidine rings is 1. The lowest BCUT2D eigenvalue weighted by atomic mass is 9.95. The number of carbonyl (C=O) groups is 1. The summed E-state index contributed by atoms with van der Waals surface area (Å²) in [5.74, 6) is 1.89. The second kappa shape index (κ2) is 13.8. The molecule has 224 valence electrons. The average molecular weight is 619 g/mol. The van der Waals surface area contributed by atoms with Crippen LogP contribution >= 0.6 is 22.9 Å². The molecule has 1 fully saturated rings. The number of aliphatic hydroxyl groups excluding tert-OH is 1. The number of nitrogens with zero attached hydrogens (tertiary/aromatic N) is 5. The van der Waals surface area contributed by atoms with Gasteiger partial charge in [0.25, 0.3) is 0 Å². The van der Waals surface area contributed by atoms with Crippen molar-refractivity contribution in [1.82, 2.24) is 24.8 Å². The third kappa shape index (κ3) is 7.15. The smallest absolute Gasteiger partial charge is 0.246 e. The topological polar surface area (TPSA) is 104 Å². The van der Waals surface area contributed by atoms with Crippen LogP contribution in [0.3, 0.4) is 0 Å². The van der Waals surface area contributed by atoms with Crippen molar-refractivity contribution in [3.8, 4) is 5.75 Å². The molecule has 2 aliphatic rings. The largest absolute Gasteiger partial charge is 0.486 e. The number of thiophene rings is 1. The lowest BCUT2D eigenvalue weighted by molar-refractivity contribution is -0.126. The number of rotatable bonds is 10. The van der Waals surface area contributed by atoms with Gasteiger partial charge in [0.1, 0.15) is 29.3 Å². The Morgan fingerprint density at radius 2 is 2.14 bits per heavy atom. The number of aliphatic hydroxyl groups is 1. The van der Waals surface area contributed by atoms with E-state index < -0.39 is 0 Å². The first-order valence-corrected chi connectivity index (χ1v) is 15.9. The summed E-state index contributed by atoms with van der Waals surface area (Å²) in [7, 11) is 0. The van der Waals surface area contributed by atoms with E-state index in [2.05, 4.69) is 25.2 Å². The minimum Gasteiger partial charge on any atom is -0.486 e. The highest BCUT2D eigenvalue weighted by atomic mass is 35.5. The number of hydrogen-bond donors (Lipinski definition) is 2. The number of hydrogen-bond acceptors (Lipinski definition) is 9. The Morgan fingerprint density at radius 3 is 2.98 bits per heavy atom. The maximum Gasteiger partial charge on any atom is 0.246 e.